The number of carbonyl (C=O) groups excluding carboxylic acids is 1. The van der Waals surface area contributed by atoms with Crippen molar-refractivity contribution in [3.63, 3.8) is 0 Å². The number of benzene rings is 2. The minimum Gasteiger partial charge on any atom is -0.346 e. The fourth-order valence-corrected chi connectivity index (χ4v) is 3.82. The van der Waals surface area contributed by atoms with E-state index in [1.807, 2.05) is 67.0 Å². The highest BCUT2D eigenvalue weighted by atomic mass is 16.2. The fourth-order valence-electron chi connectivity index (χ4n) is 3.82. The van der Waals surface area contributed by atoms with E-state index in [4.69, 9.17) is 0 Å². The van der Waals surface area contributed by atoms with Crippen LogP contribution in [0.5, 0.6) is 0 Å². The van der Waals surface area contributed by atoms with E-state index in [0.29, 0.717) is 11.4 Å². The molecule has 34 heavy (non-hydrogen) atoms. The second-order valence-corrected chi connectivity index (χ2v) is 7.62. The summed E-state index contributed by atoms with van der Waals surface area (Å²) in [6.07, 6.45) is 7.14. The van der Waals surface area contributed by atoms with E-state index >= 15 is 0 Å². The summed E-state index contributed by atoms with van der Waals surface area (Å²) in [4.78, 5) is 24.1. The molecular formula is C25H20N8O. The maximum absolute atomic E-state index is 12.4. The molecule has 0 radical (unpaired) electrons. The van der Waals surface area contributed by atoms with Gasteiger partial charge in [-0.2, -0.15) is 10.4 Å². The van der Waals surface area contributed by atoms with Crippen LogP contribution < -0.4 is 10.6 Å². The molecule has 2 amide bonds. The molecule has 5 rings (SSSR count). The van der Waals surface area contributed by atoms with Gasteiger partial charge in [0.1, 0.15) is 12.0 Å². The summed E-state index contributed by atoms with van der Waals surface area (Å²) in [5.41, 5.74) is 4.50. The molecule has 0 spiro atoms. The third-order valence-corrected chi connectivity index (χ3v) is 5.39. The summed E-state index contributed by atoms with van der Waals surface area (Å²) >= 11 is 0. The second-order valence-electron chi connectivity index (χ2n) is 7.62. The number of aromatic nitrogens is 5. The third kappa shape index (κ3) is 4.33. The Kier molecular flexibility index (Phi) is 5.69. The number of rotatable bonds is 6. The van der Waals surface area contributed by atoms with Crippen molar-refractivity contribution in [2.45, 2.75) is 12.5 Å². The Labute approximate surface area is 195 Å². The fraction of sp³-hybridized carbons (Fsp3) is 0.0800. The molecule has 5 aromatic rings. The summed E-state index contributed by atoms with van der Waals surface area (Å²) in [5.74, 6) is 0. The minimum atomic E-state index is -0.346. The maximum Gasteiger partial charge on any atom is 0.323 e. The SMILES string of the molecule is N#CCC(c1cccc(NC(=O)Nc2ccccc2)c1)n1cc(-c2ncnc3[nH]ccc23)cn1. The highest BCUT2D eigenvalue weighted by Crippen LogP contribution is 2.28. The Morgan fingerprint density at radius 2 is 1.88 bits per heavy atom. The van der Waals surface area contributed by atoms with Gasteiger partial charge in [-0.25, -0.2) is 14.8 Å². The molecule has 3 aromatic heterocycles. The Morgan fingerprint density at radius 1 is 1.06 bits per heavy atom. The number of H-pyrrole nitrogens is 1. The quantitative estimate of drug-likeness (QED) is 0.338. The van der Waals surface area contributed by atoms with Crippen LogP contribution in [0.25, 0.3) is 22.3 Å². The number of carbonyl (C=O) groups is 1. The average Bonchev–Trinajstić information content (AvgIpc) is 3.53. The Balaban J connectivity index is 1.39. The number of para-hydroxylation sites is 1. The molecule has 1 atom stereocenters. The first-order valence-corrected chi connectivity index (χ1v) is 10.6. The monoisotopic (exact) mass is 448 g/mol. The van der Waals surface area contributed by atoms with Crippen LogP contribution in [0.1, 0.15) is 18.0 Å². The lowest BCUT2D eigenvalue weighted by atomic mass is 10.0. The predicted octanol–water partition coefficient (Wildman–Crippen LogP) is 4.97. The number of nitrogens with zero attached hydrogens (tertiary/aromatic N) is 5. The lowest BCUT2D eigenvalue weighted by Crippen LogP contribution is -2.19. The maximum atomic E-state index is 12.4. The van der Waals surface area contributed by atoms with Crippen LogP contribution >= 0.6 is 0 Å². The Morgan fingerprint density at radius 3 is 2.74 bits per heavy atom. The first-order valence-electron chi connectivity index (χ1n) is 10.6. The number of anilines is 2. The van der Waals surface area contributed by atoms with Gasteiger partial charge in [-0.3, -0.25) is 4.68 Å². The lowest BCUT2D eigenvalue weighted by molar-refractivity contribution is 0.262. The molecule has 0 saturated heterocycles. The van der Waals surface area contributed by atoms with E-state index in [1.165, 1.54) is 6.33 Å². The van der Waals surface area contributed by atoms with Crippen LogP contribution in [-0.2, 0) is 0 Å². The average molecular weight is 448 g/mol. The summed E-state index contributed by atoms with van der Waals surface area (Å²) in [7, 11) is 0. The van der Waals surface area contributed by atoms with Crippen LogP contribution in [-0.4, -0.2) is 30.8 Å². The molecular weight excluding hydrogens is 428 g/mol. The van der Waals surface area contributed by atoms with Crippen LogP contribution in [0.2, 0.25) is 0 Å². The van der Waals surface area contributed by atoms with Crippen molar-refractivity contribution < 1.29 is 4.79 Å². The van der Waals surface area contributed by atoms with E-state index in [2.05, 4.69) is 36.8 Å². The van der Waals surface area contributed by atoms with Gasteiger partial charge in [0, 0.05) is 34.7 Å². The topological polar surface area (TPSA) is 124 Å². The molecule has 0 aliphatic heterocycles. The highest BCUT2D eigenvalue weighted by Gasteiger charge is 2.18. The van der Waals surface area contributed by atoms with Gasteiger partial charge in [-0.05, 0) is 35.9 Å². The molecule has 0 aliphatic carbocycles. The number of nitrogens with one attached hydrogen (secondary N) is 3. The van der Waals surface area contributed by atoms with Crippen molar-refractivity contribution in [2.75, 3.05) is 10.6 Å². The van der Waals surface area contributed by atoms with Gasteiger partial charge in [0.05, 0.1) is 30.4 Å². The van der Waals surface area contributed by atoms with Gasteiger partial charge < -0.3 is 15.6 Å². The van der Waals surface area contributed by atoms with Crippen LogP contribution in [0.15, 0.2) is 85.6 Å². The molecule has 0 aliphatic rings. The largest absolute Gasteiger partial charge is 0.346 e. The molecule has 1 unspecified atom stereocenters. The van der Waals surface area contributed by atoms with E-state index < -0.39 is 0 Å². The second kappa shape index (κ2) is 9.26. The molecule has 9 heteroatoms. The van der Waals surface area contributed by atoms with Crippen molar-refractivity contribution in [3.05, 3.63) is 91.1 Å². The molecule has 166 valence electrons. The number of amides is 2. The van der Waals surface area contributed by atoms with E-state index in [-0.39, 0.29) is 18.5 Å². The van der Waals surface area contributed by atoms with Crippen LogP contribution in [0.3, 0.4) is 0 Å². The van der Waals surface area contributed by atoms with Gasteiger partial charge >= 0.3 is 6.03 Å². The van der Waals surface area contributed by atoms with Crippen LogP contribution in [0, 0.1) is 11.3 Å². The Bertz CT molecular complexity index is 1480. The number of hydrogen-bond acceptors (Lipinski definition) is 5. The third-order valence-electron chi connectivity index (χ3n) is 5.39. The number of aromatic amines is 1. The molecule has 2 aromatic carbocycles. The van der Waals surface area contributed by atoms with E-state index in [0.717, 1.165) is 27.9 Å². The van der Waals surface area contributed by atoms with Gasteiger partial charge in [0.15, 0.2) is 0 Å². The summed E-state index contributed by atoms with van der Waals surface area (Å²) < 4.78 is 1.75. The van der Waals surface area contributed by atoms with E-state index in [9.17, 15) is 10.1 Å². The molecule has 0 bridgehead atoms. The predicted molar refractivity (Wildman–Crippen MR) is 129 cm³/mol. The summed E-state index contributed by atoms with van der Waals surface area (Å²) in [6.45, 7) is 0. The molecule has 3 N–H and O–H groups in total. The van der Waals surface area contributed by atoms with Crippen molar-refractivity contribution in [2.24, 2.45) is 0 Å². The summed E-state index contributed by atoms with van der Waals surface area (Å²) in [5, 5.41) is 20.5. The highest BCUT2D eigenvalue weighted by molar-refractivity contribution is 5.99. The first kappa shape index (κ1) is 20.9. The number of nitriles is 1. The zero-order chi connectivity index (χ0) is 23.3. The molecule has 9 nitrogen and oxygen atoms in total. The van der Waals surface area contributed by atoms with Gasteiger partial charge in [-0.15, -0.1) is 0 Å². The standard InChI is InChI=1S/C25H20N8O/c26-11-9-22(33-15-18(14-30-33)23-21-10-12-27-24(21)29-16-28-23)17-5-4-8-20(13-17)32-25(34)31-19-6-2-1-3-7-19/h1-8,10,12-16,22H,9H2,(H,27,28,29)(H2,31,32,34). The van der Waals surface area contributed by atoms with Gasteiger partial charge in [0.2, 0.25) is 0 Å². The van der Waals surface area contributed by atoms with E-state index in [1.54, 1.807) is 16.9 Å². The molecule has 0 fully saturated rings. The van der Waals surface area contributed by atoms with Crippen LogP contribution in [0.4, 0.5) is 16.2 Å². The van der Waals surface area contributed by atoms with Gasteiger partial charge in [-0.1, -0.05) is 30.3 Å². The molecule has 0 saturated carbocycles. The van der Waals surface area contributed by atoms with Gasteiger partial charge in [0.25, 0.3) is 0 Å². The first-order chi connectivity index (χ1) is 16.7. The zero-order valence-electron chi connectivity index (χ0n) is 18.0. The zero-order valence-corrected chi connectivity index (χ0v) is 18.0. The van der Waals surface area contributed by atoms with Crippen molar-refractivity contribution in [3.8, 4) is 17.3 Å². The summed E-state index contributed by atoms with van der Waals surface area (Å²) in [6, 6.07) is 20.1. The Hall–Kier alpha value is -4.97. The number of fused-ring (bicyclic) bond motifs is 1. The van der Waals surface area contributed by atoms with Crippen molar-refractivity contribution in [1.29, 1.82) is 5.26 Å². The minimum absolute atomic E-state index is 0.212. The number of urea groups is 1. The normalized spacial score (nSPS) is 11.6. The smallest absolute Gasteiger partial charge is 0.323 e. The molecule has 3 heterocycles. The number of hydrogen-bond donors (Lipinski definition) is 3. The lowest BCUT2D eigenvalue weighted by Gasteiger charge is -2.16. The van der Waals surface area contributed by atoms with Crippen molar-refractivity contribution in [1.82, 2.24) is 24.7 Å². The van der Waals surface area contributed by atoms with Crippen molar-refractivity contribution >= 4 is 28.4 Å².